The van der Waals surface area contributed by atoms with Crippen molar-refractivity contribution >= 4 is 59.5 Å². The molecule has 117 heavy (non-hydrogen) atoms. The molecule has 38 heteroatoms. The molecule has 0 aromatic heterocycles. The highest BCUT2D eigenvalue weighted by atomic mass is 19.2. The van der Waals surface area contributed by atoms with Crippen molar-refractivity contribution in [2.24, 2.45) is 5.92 Å². The first kappa shape index (κ1) is 96.5. The lowest BCUT2D eigenvalue weighted by atomic mass is 9.80. The van der Waals surface area contributed by atoms with Gasteiger partial charge in [-0.2, -0.15) is 8.78 Å². The molecule has 2 aliphatic carbocycles. The smallest absolute Gasteiger partial charge is 0.484 e. The van der Waals surface area contributed by atoms with Crippen molar-refractivity contribution in [3.05, 3.63) is 113 Å². The number of anilines is 1. The number of alkyl carbamates (subject to hydrolysis) is 1. The van der Waals surface area contributed by atoms with Crippen LogP contribution >= 0.6 is 0 Å². The third kappa shape index (κ3) is 36.2. The van der Waals surface area contributed by atoms with Crippen LogP contribution in [0.5, 0.6) is 11.5 Å². The number of rotatable bonds is 59. The number of fused-ring (bicyclic) bond motifs is 3. The summed E-state index contributed by atoms with van der Waals surface area (Å²) in [5.41, 5.74) is 3.52. The number of benzene rings is 4. The second-order valence-electron chi connectivity index (χ2n) is 26.0. The average Bonchev–Trinajstić information content (AvgIpc) is 1.75. The standard InChI is InChI=1S/C79H105F5N4O29/c1-51(89)110-49-56-47-65(74(114-53(3)91)76(115-54(4)92)73(56)113-52(2)90)116-64-18-17-55(48-112-79(97)117-75-71(83)69(81)68(80)70(82)72(75)84)46-63(64)87-67(94)19-22-86-77(95)62(88-78(96)111-50-61-59-14-8-6-12-57(59)58-13-7-9-15-60(58)61)16-10-11-21-85-66(93)20-23-99-26-27-101-30-31-103-34-35-105-38-39-107-42-43-109-45-44-108-41-40-106-37-36-104-33-32-102-29-28-100-25-24-98-5/h6-9,12-15,17-18,46,56,61-62,65,73-74,76H,10-11,16,19-45,47-50H2,1-5H3,(H,85,93)(H,86,95)(H,87,94)(H,88,96)/t56-,62+,65+,73-,74-,76?/m1/s1. The molecule has 0 saturated heterocycles. The molecular formula is C79H105F5N4O29. The molecule has 33 nitrogen and oxygen atoms in total. The van der Waals surface area contributed by atoms with Gasteiger partial charge in [0.1, 0.15) is 37.2 Å². The number of nitrogens with one attached hydrogen (secondary N) is 4. The van der Waals surface area contributed by atoms with Crippen molar-refractivity contribution in [1.82, 2.24) is 16.0 Å². The van der Waals surface area contributed by atoms with Gasteiger partial charge in [-0.25, -0.2) is 22.8 Å². The molecule has 0 heterocycles. The number of hydrogen-bond acceptors (Lipinski definition) is 29. The number of esters is 4. The van der Waals surface area contributed by atoms with Crippen molar-refractivity contribution in [1.29, 1.82) is 0 Å². The fraction of sp³-hybridized carbons (Fsp3) is 0.582. The summed E-state index contributed by atoms with van der Waals surface area (Å²) in [6.07, 6.45) is -8.90. The Morgan fingerprint density at radius 3 is 1.40 bits per heavy atom. The van der Waals surface area contributed by atoms with Gasteiger partial charge in [-0.15, -0.1) is 0 Å². The molecule has 4 aromatic rings. The van der Waals surface area contributed by atoms with Crippen LogP contribution in [0.2, 0.25) is 0 Å². The number of carbonyl (C=O) groups excluding carboxylic acids is 9. The highest BCUT2D eigenvalue weighted by Gasteiger charge is 2.52. The minimum Gasteiger partial charge on any atom is -0.484 e. The van der Waals surface area contributed by atoms with Gasteiger partial charge in [0.25, 0.3) is 0 Å². The highest BCUT2D eigenvalue weighted by Crippen LogP contribution is 2.45. The second-order valence-corrected chi connectivity index (χ2v) is 26.0. The van der Waals surface area contributed by atoms with E-state index in [4.69, 9.17) is 90.0 Å². The highest BCUT2D eigenvalue weighted by molar-refractivity contribution is 5.93. The van der Waals surface area contributed by atoms with Crippen LogP contribution in [0.4, 0.5) is 37.2 Å². The minimum absolute atomic E-state index is 0.0244. The maximum atomic E-state index is 14.5. The lowest BCUT2D eigenvalue weighted by Crippen LogP contribution is -2.60. The second kappa shape index (κ2) is 55.4. The Hall–Kier alpha value is -9.32. The maximum Gasteiger partial charge on any atom is 0.514 e. The number of ether oxygens (including phenoxy) is 20. The van der Waals surface area contributed by atoms with Gasteiger partial charge in [-0.1, -0.05) is 54.6 Å². The first-order valence-electron chi connectivity index (χ1n) is 38.2. The summed E-state index contributed by atoms with van der Waals surface area (Å²) in [5.74, 6) is -21.2. The Balaban J connectivity index is 0.934. The van der Waals surface area contributed by atoms with Gasteiger partial charge in [0.2, 0.25) is 52.6 Å². The van der Waals surface area contributed by atoms with E-state index in [1.165, 1.54) is 12.1 Å². The summed E-state index contributed by atoms with van der Waals surface area (Å²) in [5, 5.41) is 10.7. The predicted octanol–water partition coefficient (Wildman–Crippen LogP) is 7.08. The predicted molar refractivity (Wildman–Crippen MR) is 400 cm³/mol. The Bertz CT molecular complexity index is 3660. The number of amides is 4. The SMILES string of the molecule is COCCOCCOCCOCCOCCOCCOCCOCCOCCOCCOCCOCCC(=O)NCCCC[C@H](NC(=O)OCC1c2ccccc2-c2ccccc21)C(=O)NCCC(=O)Nc1cc(COC(=O)Oc2c(F)c(F)c(F)c(F)c2F)ccc1O[C@H]1C[C@H](COC(C)=O)[C@@H](OC(C)=O)C(OC(C)=O)[C@@H]1OC(C)=O. The van der Waals surface area contributed by atoms with Gasteiger partial charge in [-0.3, -0.25) is 33.6 Å². The third-order valence-corrected chi connectivity index (χ3v) is 17.2. The molecule has 0 spiro atoms. The van der Waals surface area contributed by atoms with E-state index in [0.29, 0.717) is 139 Å². The van der Waals surface area contributed by atoms with Crippen LogP contribution in [-0.2, 0) is 125 Å². The molecule has 650 valence electrons. The van der Waals surface area contributed by atoms with Gasteiger partial charge in [-0.05, 0) is 65.6 Å². The van der Waals surface area contributed by atoms with Crippen molar-refractivity contribution < 1.29 is 160 Å². The first-order valence-corrected chi connectivity index (χ1v) is 38.2. The van der Waals surface area contributed by atoms with Crippen LogP contribution < -0.4 is 30.7 Å². The Morgan fingerprint density at radius 1 is 0.453 bits per heavy atom. The largest absolute Gasteiger partial charge is 0.514 e. The van der Waals surface area contributed by atoms with Crippen molar-refractivity contribution in [3.63, 3.8) is 0 Å². The van der Waals surface area contributed by atoms with Crippen molar-refractivity contribution in [2.45, 2.75) is 109 Å². The zero-order valence-electron chi connectivity index (χ0n) is 66.2. The lowest BCUT2D eigenvalue weighted by molar-refractivity contribution is -0.213. The van der Waals surface area contributed by atoms with E-state index < -0.39 is 139 Å². The van der Waals surface area contributed by atoms with Crippen LogP contribution in [0.25, 0.3) is 11.1 Å². The zero-order chi connectivity index (χ0) is 84.5. The van der Waals surface area contributed by atoms with Crippen LogP contribution in [-0.4, -0.2) is 270 Å². The molecule has 1 unspecified atom stereocenters. The molecule has 0 radical (unpaired) electrons. The molecule has 6 atom stereocenters. The van der Waals surface area contributed by atoms with Gasteiger partial charge in [0.15, 0.2) is 12.2 Å². The van der Waals surface area contributed by atoms with E-state index in [2.05, 4.69) is 26.0 Å². The summed E-state index contributed by atoms with van der Waals surface area (Å²) in [7, 11) is 1.62. The van der Waals surface area contributed by atoms with Crippen LogP contribution in [0, 0.1) is 35.0 Å². The summed E-state index contributed by atoms with van der Waals surface area (Å²) in [6, 6.07) is 17.7. The number of methoxy groups -OCH3 is 1. The van der Waals surface area contributed by atoms with Crippen molar-refractivity contribution in [2.75, 3.05) is 191 Å². The normalized spacial score (nSPS) is 15.7. The molecule has 4 N–H and O–H groups in total. The van der Waals surface area contributed by atoms with Crippen molar-refractivity contribution in [3.8, 4) is 22.6 Å². The quantitative estimate of drug-likeness (QED) is 0.00652. The molecule has 2 aliphatic rings. The molecule has 0 bridgehead atoms. The van der Waals surface area contributed by atoms with E-state index in [1.54, 1.807) is 7.11 Å². The molecule has 6 rings (SSSR count). The summed E-state index contributed by atoms with van der Waals surface area (Å²) >= 11 is 0. The topological polar surface area (TPSA) is 386 Å². The maximum absolute atomic E-state index is 14.5. The summed E-state index contributed by atoms with van der Waals surface area (Å²) < 4.78 is 179. The molecule has 1 saturated carbocycles. The van der Waals surface area contributed by atoms with Gasteiger partial charge >= 0.3 is 36.1 Å². The monoisotopic (exact) mass is 1670 g/mol. The molecule has 4 amide bonds. The number of carbonyl (C=O) groups is 9. The van der Waals surface area contributed by atoms with Crippen LogP contribution in [0.1, 0.15) is 88.8 Å². The van der Waals surface area contributed by atoms with E-state index in [9.17, 15) is 65.1 Å². The molecule has 4 aromatic carbocycles. The fourth-order valence-corrected chi connectivity index (χ4v) is 11.8. The summed E-state index contributed by atoms with van der Waals surface area (Å²) in [6.45, 7) is 12.0. The zero-order valence-corrected chi connectivity index (χ0v) is 66.2. The first-order chi connectivity index (χ1) is 56.6. The third-order valence-electron chi connectivity index (χ3n) is 17.2. The van der Waals surface area contributed by atoms with Crippen LogP contribution in [0.3, 0.4) is 0 Å². The Morgan fingerprint density at radius 2 is 0.915 bits per heavy atom. The van der Waals surface area contributed by atoms with E-state index in [0.717, 1.165) is 56.0 Å². The Kier molecular flexibility index (Phi) is 45.7. The average molecular weight is 1670 g/mol. The fourth-order valence-electron chi connectivity index (χ4n) is 11.8. The lowest BCUT2D eigenvalue weighted by Gasteiger charge is -2.44. The van der Waals surface area contributed by atoms with Gasteiger partial charge in [0.05, 0.1) is 164 Å². The van der Waals surface area contributed by atoms with Gasteiger partial charge < -0.3 is 116 Å². The number of hydrogen-bond donors (Lipinski definition) is 4. The van der Waals surface area contributed by atoms with Gasteiger partial charge in [0, 0.05) is 72.6 Å². The minimum atomic E-state index is -2.52. The number of halogens is 5. The Labute approximate surface area is 673 Å². The van der Waals surface area contributed by atoms with E-state index in [1.807, 2.05) is 48.5 Å². The van der Waals surface area contributed by atoms with E-state index in [-0.39, 0.29) is 94.0 Å². The molecular weight excluding hydrogens is 1560 g/mol. The molecule has 0 aliphatic heterocycles. The molecule has 1 fully saturated rings. The summed E-state index contributed by atoms with van der Waals surface area (Å²) in [4.78, 5) is 117. The van der Waals surface area contributed by atoms with Crippen LogP contribution in [0.15, 0.2) is 66.7 Å². The van der Waals surface area contributed by atoms with E-state index >= 15 is 0 Å². The number of unbranched alkanes of at least 4 members (excludes halogenated alkanes) is 1.